The van der Waals surface area contributed by atoms with Crippen molar-refractivity contribution in [3.05, 3.63) is 156 Å². The van der Waals surface area contributed by atoms with Crippen molar-refractivity contribution in [3.63, 3.8) is 0 Å². The molecule has 0 radical (unpaired) electrons. The van der Waals surface area contributed by atoms with Gasteiger partial charge in [0.1, 0.15) is 54.4 Å². The summed E-state index contributed by atoms with van der Waals surface area (Å²) in [6.07, 6.45) is -11.5. The smallest absolute Gasteiger partial charge is 0.187 e. The van der Waals surface area contributed by atoms with E-state index in [1.807, 2.05) is 121 Å². The van der Waals surface area contributed by atoms with Crippen LogP contribution in [0.3, 0.4) is 0 Å². The van der Waals surface area contributed by atoms with Crippen molar-refractivity contribution in [1.29, 1.82) is 0 Å². The van der Waals surface area contributed by atoms with Crippen molar-refractivity contribution in [2.24, 2.45) is 0 Å². The largest absolute Gasteiger partial charge is 0.387 e. The highest BCUT2D eigenvalue weighted by atomic mass is 16.8. The first-order chi connectivity index (χ1) is 25.9. The maximum atomic E-state index is 11.6. The van der Waals surface area contributed by atoms with Crippen LogP contribution in [0.25, 0.3) is 0 Å². The molecule has 3 aliphatic heterocycles. The average Bonchev–Trinajstić information content (AvgIpc) is 3.21. The molecule has 11 nitrogen and oxygen atoms in total. The molecule has 0 saturated carbocycles. The Morgan fingerprint density at radius 1 is 0.660 bits per heavy atom. The van der Waals surface area contributed by atoms with Crippen molar-refractivity contribution < 1.29 is 53.6 Å². The van der Waals surface area contributed by atoms with Crippen LogP contribution in [0.5, 0.6) is 0 Å². The molecule has 0 amide bonds. The quantitative estimate of drug-likeness (QED) is 0.0903. The summed E-state index contributed by atoms with van der Waals surface area (Å²) in [5, 5.41) is 45.5. The van der Waals surface area contributed by atoms with Crippen LogP contribution in [0.1, 0.15) is 35.0 Å². The first-order valence-electron chi connectivity index (χ1n) is 17.9. The molecule has 7 rings (SSSR count). The van der Waals surface area contributed by atoms with E-state index >= 15 is 0 Å². The second-order valence-electron chi connectivity index (χ2n) is 13.4. The maximum Gasteiger partial charge on any atom is 0.187 e. The Balaban J connectivity index is 1.17. The van der Waals surface area contributed by atoms with E-state index < -0.39 is 73.3 Å². The van der Waals surface area contributed by atoms with Crippen molar-refractivity contribution in [1.82, 2.24) is 0 Å². The topological polar surface area (TPSA) is 146 Å². The van der Waals surface area contributed by atoms with Gasteiger partial charge in [0.15, 0.2) is 18.9 Å². The minimum atomic E-state index is -1.59. The average molecular weight is 727 g/mol. The zero-order valence-corrected chi connectivity index (χ0v) is 29.2. The molecule has 0 aromatic heterocycles. The van der Waals surface area contributed by atoms with Gasteiger partial charge in [-0.15, -0.1) is 6.58 Å². The number of rotatable bonds is 13. The summed E-state index contributed by atoms with van der Waals surface area (Å²) in [7, 11) is 0. The molecule has 3 aliphatic rings. The minimum Gasteiger partial charge on any atom is -0.387 e. The Kier molecular flexibility index (Phi) is 12.1. The van der Waals surface area contributed by atoms with Crippen LogP contribution < -0.4 is 0 Å². The lowest BCUT2D eigenvalue weighted by Crippen LogP contribution is -2.66. The van der Waals surface area contributed by atoms with Crippen LogP contribution >= 0.6 is 0 Å². The van der Waals surface area contributed by atoms with Crippen LogP contribution in [-0.4, -0.2) is 102 Å². The van der Waals surface area contributed by atoms with Gasteiger partial charge < -0.3 is 53.6 Å². The van der Waals surface area contributed by atoms with E-state index in [0.717, 1.165) is 22.3 Å². The number of hydrogen-bond acceptors (Lipinski definition) is 11. The monoisotopic (exact) mass is 726 g/mol. The van der Waals surface area contributed by atoms with Gasteiger partial charge in [-0.05, 0) is 23.1 Å². The van der Waals surface area contributed by atoms with Crippen LogP contribution in [0, 0.1) is 0 Å². The van der Waals surface area contributed by atoms with Gasteiger partial charge in [-0.1, -0.05) is 127 Å². The highest BCUT2D eigenvalue weighted by Crippen LogP contribution is 2.42. The van der Waals surface area contributed by atoms with E-state index in [1.165, 1.54) is 0 Å². The Morgan fingerprint density at radius 3 is 1.77 bits per heavy atom. The molecule has 0 spiro atoms. The lowest BCUT2D eigenvalue weighted by atomic mass is 9.80. The van der Waals surface area contributed by atoms with E-state index in [4.69, 9.17) is 33.2 Å². The Morgan fingerprint density at radius 2 is 1.21 bits per heavy atom. The molecule has 280 valence electrons. The molecule has 3 fully saturated rings. The summed E-state index contributed by atoms with van der Waals surface area (Å²) in [4.78, 5) is 0. The molecule has 3 saturated heterocycles. The van der Waals surface area contributed by atoms with Crippen molar-refractivity contribution in [2.75, 3.05) is 19.8 Å². The van der Waals surface area contributed by atoms with E-state index in [9.17, 15) is 20.4 Å². The fraction of sp³-hybridized carbons (Fsp3) is 0.381. The Hall–Kier alpha value is -3.82. The fourth-order valence-corrected chi connectivity index (χ4v) is 7.21. The Bertz CT molecular complexity index is 1610. The molecule has 11 heteroatoms. The number of aliphatic hydroxyl groups excluding tert-OH is 4. The van der Waals surface area contributed by atoms with Crippen molar-refractivity contribution in [2.45, 2.75) is 79.7 Å². The van der Waals surface area contributed by atoms with Crippen LogP contribution in [0.4, 0.5) is 0 Å². The molecule has 4 aromatic carbocycles. The van der Waals surface area contributed by atoms with Gasteiger partial charge in [-0.3, -0.25) is 0 Å². The summed E-state index contributed by atoms with van der Waals surface area (Å²) in [6.45, 7) is 3.78. The molecule has 0 bridgehead atoms. The van der Waals surface area contributed by atoms with Gasteiger partial charge in [0.25, 0.3) is 0 Å². The SMILES string of the molecule is C=CCCO[C@H]1O[C@@H](COC(c2ccccc2)(c2ccccc2)c2ccccc2)[C@H](O[C@@H]2O[C@@H]3COC(c4ccccc4)O[C@@H]3[C@H](O)[C@H]2O)[C@@H](O)[C@@H]1O. The number of ether oxygens (including phenoxy) is 7. The molecule has 0 aliphatic carbocycles. The van der Waals surface area contributed by atoms with Crippen LogP contribution in [0.2, 0.25) is 0 Å². The molecule has 4 N–H and O–H groups in total. The zero-order valence-electron chi connectivity index (χ0n) is 29.2. The van der Waals surface area contributed by atoms with Crippen LogP contribution in [0.15, 0.2) is 134 Å². The number of aliphatic hydroxyl groups is 4. The molecule has 4 aromatic rings. The van der Waals surface area contributed by atoms with Gasteiger partial charge >= 0.3 is 0 Å². The fourth-order valence-electron chi connectivity index (χ4n) is 7.21. The van der Waals surface area contributed by atoms with Gasteiger partial charge in [-0.2, -0.15) is 0 Å². The molecule has 3 heterocycles. The Labute approximate surface area is 308 Å². The van der Waals surface area contributed by atoms with Crippen molar-refractivity contribution >= 4 is 0 Å². The third-order valence-electron chi connectivity index (χ3n) is 9.95. The second-order valence-corrected chi connectivity index (χ2v) is 13.4. The van der Waals surface area contributed by atoms with Gasteiger partial charge in [0, 0.05) is 5.56 Å². The number of benzene rings is 4. The van der Waals surface area contributed by atoms with Gasteiger partial charge in [0.2, 0.25) is 0 Å². The number of fused-ring (bicyclic) bond motifs is 1. The highest BCUT2D eigenvalue weighted by molar-refractivity contribution is 5.47. The zero-order chi connectivity index (χ0) is 36.8. The van der Waals surface area contributed by atoms with Gasteiger partial charge in [-0.25, -0.2) is 0 Å². The van der Waals surface area contributed by atoms with E-state index in [2.05, 4.69) is 6.58 Å². The first-order valence-corrected chi connectivity index (χ1v) is 17.9. The van der Waals surface area contributed by atoms with E-state index in [1.54, 1.807) is 6.08 Å². The first kappa shape index (κ1) is 37.5. The summed E-state index contributed by atoms with van der Waals surface area (Å²) in [5.74, 6) is 0. The molecule has 1 unspecified atom stereocenters. The summed E-state index contributed by atoms with van der Waals surface area (Å²) in [6, 6.07) is 38.6. The van der Waals surface area contributed by atoms with Gasteiger partial charge in [0.05, 0.1) is 19.8 Å². The van der Waals surface area contributed by atoms with E-state index in [0.29, 0.717) is 6.42 Å². The molecule has 11 atom stereocenters. The van der Waals surface area contributed by atoms with Crippen LogP contribution in [-0.2, 0) is 38.8 Å². The summed E-state index contributed by atoms with van der Waals surface area (Å²) >= 11 is 0. The summed E-state index contributed by atoms with van der Waals surface area (Å²) < 4.78 is 43.6. The third-order valence-corrected chi connectivity index (χ3v) is 9.95. The van der Waals surface area contributed by atoms with Crippen molar-refractivity contribution in [3.8, 4) is 0 Å². The summed E-state index contributed by atoms with van der Waals surface area (Å²) in [5.41, 5.74) is 2.14. The molecular weight excluding hydrogens is 680 g/mol. The molecule has 53 heavy (non-hydrogen) atoms. The highest BCUT2D eigenvalue weighted by Gasteiger charge is 2.53. The maximum absolute atomic E-state index is 11.6. The third kappa shape index (κ3) is 7.88. The predicted molar refractivity (Wildman–Crippen MR) is 192 cm³/mol. The second kappa shape index (κ2) is 17.1. The van der Waals surface area contributed by atoms with E-state index in [-0.39, 0.29) is 19.8 Å². The number of hydrogen-bond donors (Lipinski definition) is 4. The standard InChI is InChI=1S/C42H46O11/c1-2-3-24-47-40-35(45)33(43)38(53-41-36(46)34(44)37-31(51-41)25-48-39(52-37)27-16-8-4-9-17-27)32(50-40)26-49-42(28-18-10-5-11-19-28,29-20-12-6-13-21-29)30-22-14-7-15-23-30/h2,4-23,31-41,43-46H,1,3,24-26H2/t31-,32+,33+,34-,35+,36-,37+,38+,39?,40+,41+/m1/s1. The molecular formula is C42H46O11. The minimum absolute atomic E-state index is 0.0414. The lowest BCUT2D eigenvalue weighted by Gasteiger charge is -2.49. The predicted octanol–water partition coefficient (Wildman–Crippen LogP) is 3.98. The lowest BCUT2D eigenvalue weighted by molar-refractivity contribution is -0.386. The normalized spacial score (nSPS) is 31.7.